The standard InChI is InChI=1S/C17H26N4O3/c1-13(2)14(3)18-17(22)12-19-8-10-20(11-9-19)15-4-6-16(7-5-15)21(23)24/h4-7,13-14H,8-12H2,1-3H3,(H,18,22)/p+1/t14-/m0/s1. The van der Waals surface area contributed by atoms with Crippen molar-refractivity contribution in [3.05, 3.63) is 34.4 Å². The van der Waals surface area contributed by atoms with Crippen molar-refractivity contribution in [1.82, 2.24) is 5.32 Å². The molecule has 0 aromatic heterocycles. The molecule has 7 nitrogen and oxygen atoms in total. The number of quaternary nitrogens is 1. The van der Waals surface area contributed by atoms with Gasteiger partial charge in [-0.15, -0.1) is 0 Å². The van der Waals surface area contributed by atoms with Crippen molar-refractivity contribution in [3.63, 3.8) is 0 Å². The number of nitro benzene ring substituents is 1. The largest absolute Gasteiger partial charge is 0.360 e. The van der Waals surface area contributed by atoms with Crippen LogP contribution in [0.2, 0.25) is 0 Å². The second kappa shape index (κ2) is 8.10. The van der Waals surface area contributed by atoms with Gasteiger partial charge in [0.05, 0.1) is 31.1 Å². The molecule has 0 aliphatic carbocycles. The first-order valence-corrected chi connectivity index (χ1v) is 8.49. The van der Waals surface area contributed by atoms with Crippen LogP contribution in [0, 0.1) is 16.0 Å². The Morgan fingerprint density at radius 3 is 2.33 bits per heavy atom. The molecule has 0 bridgehead atoms. The van der Waals surface area contributed by atoms with Crippen molar-refractivity contribution in [2.75, 3.05) is 37.6 Å². The first-order valence-electron chi connectivity index (χ1n) is 8.49. The number of benzene rings is 1. The van der Waals surface area contributed by atoms with E-state index in [1.807, 2.05) is 6.92 Å². The van der Waals surface area contributed by atoms with Gasteiger partial charge in [0.25, 0.3) is 11.6 Å². The molecule has 1 aromatic rings. The molecule has 0 radical (unpaired) electrons. The van der Waals surface area contributed by atoms with Gasteiger partial charge in [-0.05, 0) is 25.0 Å². The highest BCUT2D eigenvalue weighted by Crippen LogP contribution is 2.19. The Balaban J connectivity index is 1.80. The van der Waals surface area contributed by atoms with E-state index in [0.717, 1.165) is 31.9 Å². The van der Waals surface area contributed by atoms with Crippen LogP contribution < -0.4 is 15.1 Å². The van der Waals surface area contributed by atoms with Gasteiger partial charge in [0.1, 0.15) is 0 Å². The zero-order valence-corrected chi connectivity index (χ0v) is 14.6. The fourth-order valence-electron chi connectivity index (χ4n) is 2.74. The molecule has 1 aliphatic rings. The Morgan fingerprint density at radius 1 is 1.25 bits per heavy atom. The van der Waals surface area contributed by atoms with E-state index < -0.39 is 0 Å². The molecule has 24 heavy (non-hydrogen) atoms. The van der Waals surface area contributed by atoms with Crippen LogP contribution in [0.1, 0.15) is 20.8 Å². The molecule has 0 saturated carbocycles. The minimum absolute atomic E-state index is 0.106. The van der Waals surface area contributed by atoms with Crippen LogP contribution in [0.25, 0.3) is 0 Å². The summed E-state index contributed by atoms with van der Waals surface area (Å²) in [6.07, 6.45) is 0. The van der Waals surface area contributed by atoms with E-state index in [9.17, 15) is 14.9 Å². The number of piperazine rings is 1. The first kappa shape index (κ1) is 18.2. The lowest BCUT2D eigenvalue weighted by atomic mass is 10.1. The molecule has 1 atom stereocenters. The molecule has 1 saturated heterocycles. The number of amides is 1. The van der Waals surface area contributed by atoms with Crippen molar-refractivity contribution in [3.8, 4) is 0 Å². The van der Waals surface area contributed by atoms with Gasteiger partial charge in [-0.1, -0.05) is 13.8 Å². The summed E-state index contributed by atoms with van der Waals surface area (Å²) in [5.74, 6) is 0.540. The molecule has 1 heterocycles. The van der Waals surface area contributed by atoms with Crippen molar-refractivity contribution in [2.45, 2.75) is 26.8 Å². The third-order valence-corrected chi connectivity index (χ3v) is 4.70. The van der Waals surface area contributed by atoms with Gasteiger partial charge >= 0.3 is 0 Å². The van der Waals surface area contributed by atoms with E-state index >= 15 is 0 Å². The average molecular weight is 335 g/mol. The number of carbonyl (C=O) groups excluding carboxylic acids is 1. The summed E-state index contributed by atoms with van der Waals surface area (Å²) in [6, 6.07) is 6.85. The van der Waals surface area contributed by atoms with Crippen molar-refractivity contribution >= 4 is 17.3 Å². The Bertz CT molecular complexity index is 566. The third kappa shape index (κ3) is 4.92. The summed E-state index contributed by atoms with van der Waals surface area (Å²) in [5, 5.41) is 13.8. The van der Waals surface area contributed by atoms with E-state index in [2.05, 4.69) is 24.1 Å². The molecular formula is C17H27N4O3+. The maximum atomic E-state index is 12.1. The quantitative estimate of drug-likeness (QED) is 0.585. The number of hydrogen-bond donors (Lipinski definition) is 2. The second-order valence-electron chi connectivity index (χ2n) is 6.79. The number of nitro groups is 1. The second-order valence-corrected chi connectivity index (χ2v) is 6.79. The molecule has 1 aromatic carbocycles. The van der Waals surface area contributed by atoms with Gasteiger partial charge in [0.2, 0.25) is 0 Å². The zero-order chi connectivity index (χ0) is 17.7. The smallest absolute Gasteiger partial charge is 0.275 e. The monoisotopic (exact) mass is 335 g/mol. The number of carbonyl (C=O) groups is 1. The summed E-state index contributed by atoms with van der Waals surface area (Å²) in [6.45, 7) is 10.2. The lowest BCUT2D eigenvalue weighted by Gasteiger charge is -2.33. The normalized spacial score (nSPS) is 16.9. The van der Waals surface area contributed by atoms with Crippen LogP contribution in [-0.4, -0.2) is 49.6 Å². The Hall–Kier alpha value is -2.15. The number of rotatable bonds is 6. The summed E-state index contributed by atoms with van der Waals surface area (Å²) in [4.78, 5) is 25.9. The number of nitrogens with one attached hydrogen (secondary N) is 2. The first-order chi connectivity index (χ1) is 11.4. The average Bonchev–Trinajstić information content (AvgIpc) is 2.55. The van der Waals surface area contributed by atoms with Crippen LogP contribution in [0.15, 0.2) is 24.3 Å². The van der Waals surface area contributed by atoms with Crippen LogP contribution in [0.3, 0.4) is 0 Å². The third-order valence-electron chi connectivity index (χ3n) is 4.70. The maximum Gasteiger partial charge on any atom is 0.275 e. The van der Waals surface area contributed by atoms with Gasteiger partial charge in [-0.25, -0.2) is 0 Å². The van der Waals surface area contributed by atoms with Gasteiger partial charge in [0.15, 0.2) is 6.54 Å². The number of anilines is 1. The minimum atomic E-state index is -0.386. The Kier molecular flexibility index (Phi) is 6.14. The molecule has 132 valence electrons. The van der Waals surface area contributed by atoms with E-state index in [1.165, 1.54) is 17.0 Å². The zero-order valence-electron chi connectivity index (χ0n) is 14.6. The number of hydrogen-bond acceptors (Lipinski definition) is 4. The fourth-order valence-corrected chi connectivity index (χ4v) is 2.74. The predicted molar refractivity (Wildman–Crippen MR) is 93.3 cm³/mol. The lowest BCUT2D eigenvalue weighted by Crippen LogP contribution is -3.16. The number of non-ortho nitro benzene ring substituents is 1. The van der Waals surface area contributed by atoms with Gasteiger partial charge in [-0.3, -0.25) is 14.9 Å². The van der Waals surface area contributed by atoms with Gasteiger partial charge in [0, 0.05) is 23.9 Å². The minimum Gasteiger partial charge on any atom is -0.360 e. The van der Waals surface area contributed by atoms with Crippen molar-refractivity contribution in [1.29, 1.82) is 0 Å². The Morgan fingerprint density at radius 2 is 1.83 bits per heavy atom. The highest BCUT2D eigenvalue weighted by molar-refractivity contribution is 5.77. The van der Waals surface area contributed by atoms with Gasteiger partial charge in [-0.2, -0.15) is 0 Å². The molecule has 2 N–H and O–H groups in total. The Labute approximate surface area is 142 Å². The van der Waals surface area contributed by atoms with Crippen LogP contribution in [0.5, 0.6) is 0 Å². The summed E-state index contributed by atoms with van der Waals surface area (Å²) in [7, 11) is 0. The van der Waals surface area contributed by atoms with E-state index in [0.29, 0.717) is 12.5 Å². The lowest BCUT2D eigenvalue weighted by molar-refractivity contribution is -0.892. The molecule has 1 aliphatic heterocycles. The van der Waals surface area contributed by atoms with E-state index in [1.54, 1.807) is 12.1 Å². The summed E-state index contributed by atoms with van der Waals surface area (Å²) < 4.78 is 0. The summed E-state index contributed by atoms with van der Waals surface area (Å²) in [5.41, 5.74) is 1.11. The highest BCUT2D eigenvalue weighted by Gasteiger charge is 2.23. The van der Waals surface area contributed by atoms with E-state index in [-0.39, 0.29) is 22.6 Å². The van der Waals surface area contributed by atoms with Gasteiger partial charge < -0.3 is 15.1 Å². The highest BCUT2D eigenvalue weighted by atomic mass is 16.6. The SMILES string of the molecule is CC(C)[C@H](C)NC(=O)C[NH+]1CCN(c2ccc([N+](=O)[O-])cc2)CC1. The molecule has 1 fully saturated rings. The topological polar surface area (TPSA) is 79.9 Å². The molecular weight excluding hydrogens is 308 g/mol. The molecule has 0 unspecified atom stereocenters. The molecule has 7 heteroatoms. The predicted octanol–water partition coefficient (Wildman–Crippen LogP) is 0.460. The molecule has 0 spiro atoms. The van der Waals surface area contributed by atoms with Crippen LogP contribution in [-0.2, 0) is 4.79 Å². The van der Waals surface area contributed by atoms with Crippen molar-refractivity contribution in [2.24, 2.45) is 5.92 Å². The maximum absolute atomic E-state index is 12.1. The summed E-state index contributed by atoms with van der Waals surface area (Å²) >= 11 is 0. The fraction of sp³-hybridized carbons (Fsp3) is 0.588. The van der Waals surface area contributed by atoms with Crippen LogP contribution in [0.4, 0.5) is 11.4 Å². The molecule has 1 amide bonds. The van der Waals surface area contributed by atoms with E-state index in [4.69, 9.17) is 0 Å². The number of nitrogens with zero attached hydrogens (tertiary/aromatic N) is 2. The molecule has 2 rings (SSSR count). The van der Waals surface area contributed by atoms with Crippen LogP contribution >= 0.6 is 0 Å². The van der Waals surface area contributed by atoms with Crippen molar-refractivity contribution < 1.29 is 14.6 Å².